The number of nitro groups is 1. The number of rotatable bonds is 5. The molecule has 1 aromatic heterocycles. The number of likely N-dealkylation sites (tertiary alicyclic amines) is 1. The van der Waals surface area contributed by atoms with Crippen LogP contribution in [0.25, 0.3) is 0 Å². The summed E-state index contributed by atoms with van der Waals surface area (Å²) in [6.07, 6.45) is 5.12. The van der Waals surface area contributed by atoms with Crippen molar-refractivity contribution in [3.63, 3.8) is 0 Å². The molecule has 1 aliphatic rings. The summed E-state index contributed by atoms with van der Waals surface area (Å²) in [5, 5.41) is 14.8. The van der Waals surface area contributed by atoms with Gasteiger partial charge in [-0.25, -0.2) is 0 Å². The van der Waals surface area contributed by atoms with E-state index in [9.17, 15) is 10.1 Å². The van der Waals surface area contributed by atoms with E-state index in [0.717, 1.165) is 19.5 Å². The smallest absolute Gasteiger partial charge is 0.303 e. The Morgan fingerprint density at radius 3 is 2.71 bits per heavy atom. The van der Waals surface area contributed by atoms with Crippen LogP contribution in [0.2, 0.25) is 0 Å². The van der Waals surface area contributed by atoms with Gasteiger partial charge in [-0.3, -0.25) is 14.8 Å². The van der Waals surface area contributed by atoms with Crippen LogP contribution in [0.1, 0.15) is 25.0 Å². The van der Waals surface area contributed by atoms with Crippen LogP contribution in [0, 0.1) is 17.0 Å². The van der Waals surface area contributed by atoms with Gasteiger partial charge in [-0.15, -0.1) is 0 Å². The lowest BCUT2D eigenvalue weighted by molar-refractivity contribution is -0.385. The third-order valence-electron chi connectivity index (χ3n) is 3.18. The van der Waals surface area contributed by atoms with Gasteiger partial charge in [-0.2, -0.15) is 5.10 Å². The summed E-state index contributed by atoms with van der Waals surface area (Å²) in [6.45, 7) is 5.88. The van der Waals surface area contributed by atoms with Gasteiger partial charge in [0.15, 0.2) is 0 Å². The lowest BCUT2D eigenvalue weighted by atomic mass is 10.4. The fourth-order valence-corrected chi connectivity index (χ4v) is 2.26. The van der Waals surface area contributed by atoms with Gasteiger partial charge in [0.1, 0.15) is 11.9 Å². The van der Waals surface area contributed by atoms with Crippen molar-refractivity contribution in [3.8, 4) is 0 Å². The van der Waals surface area contributed by atoms with Crippen LogP contribution >= 0.6 is 0 Å². The zero-order valence-corrected chi connectivity index (χ0v) is 10.1. The topological polar surface area (TPSA) is 64.2 Å². The molecule has 6 nitrogen and oxygen atoms in total. The predicted octanol–water partition coefficient (Wildman–Crippen LogP) is 1.59. The van der Waals surface area contributed by atoms with Gasteiger partial charge < -0.3 is 4.90 Å². The molecule has 2 rings (SSSR count). The minimum absolute atomic E-state index is 0.117. The third kappa shape index (κ3) is 3.03. The first-order valence-corrected chi connectivity index (χ1v) is 6.07. The molecule has 0 amide bonds. The Morgan fingerprint density at radius 2 is 2.12 bits per heavy atom. The molecule has 1 aromatic rings. The first kappa shape index (κ1) is 12.0. The van der Waals surface area contributed by atoms with E-state index in [2.05, 4.69) is 10.00 Å². The summed E-state index contributed by atoms with van der Waals surface area (Å²) in [7, 11) is 0. The Labute approximate surface area is 100 Å². The summed E-state index contributed by atoms with van der Waals surface area (Å²) in [4.78, 5) is 12.7. The van der Waals surface area contributed by atoms with Gasteiger partial charge in [-0.05, 0) is 45.8 Å². The molecule has 0 N–H and O–H groups in total. The maximum atomic E-state index is 10.7. The molecule has 0 aliphatic carbocycles. The highest BCUT2D eigenvalue weighted by molar-refractivity contribution is 5.30. The normalized spacial score (nSPS) is 16.5. The molecule has 0 saturated carbocycles. The standard InChI is InChI=1S/C11H18N4O2/c1-10-11(15(16)17)9-14(12-10)8-4-7-13-5-2-3-6-13/h9H,2-8H2,1H3. The van der Waals surface area contributed by atoms with Crippen molar-refractivity contribution in [3.05, 3.63) is 22.0 Å². The van der Waals surface area contributed by atoms with E-state index in [4.69, 9.17) is 0 Å². The van der Waals surface area contributed by atoms with Crippen molar-refractivity contribution in [1.29, 1.82) is 0 Å². The van der Waals surface area contributed by atoms with E-state index in [1.807, 2.05) is 0 Å². The van der Waals surface area contributed by atoms with Crippen LogP contribution in [0.15, 0.2) is 6.20 Å². The number of nitrogens with zero attached hydrogens (tertiary/aromatic N) is 4. The molecule has 0 radical (unpaired) electrons. The van der Waals surface area contributed by atoms with Crippen molar-refractivity contribution < 1.29 is 4.92 Å². The molecule has 2 heterocycles. The van der Waals surface area contributed by atoms with Gasteiger partial charge in [0.05, 0.1) is 4.92 Å². The van der Waals surface area contributed by atoms with Gasteiger partial charge in [0.2, 0.25) is 0 Å². The zero-order chi connectivity index (χ0) is 12.3. The highest BCUT2D eigenvalue weighted by atomic mass is 16.6. The Hall–Kier alpha value is -1.43. The Morgan fingerprint density at radius 1 is 1.41 bits per heavy atom. The number of hydrogen-bond acceptors (Lipinski definition) is 4. The highest BCUT2D eigenvalue weighted by Gasteiger charge is 2.15. The SMILES string of the molecule is Cc1nn(CCCN2CCCC2)cc1[N+](=O)[O-]. The molecule has 94 valence electrons. The monoisotopic (exact) mass is 238 g/mol. The van der Waals surface area contributed by atoms with Crippen LogP contribution < -0.4 is 0 Å². The molecular weight excluding hydrogens is 220 g/mol. The first-order chi connectivity index (χ1) is 8.16. The summed E-state index contributed by atoms with van der Waals surface area (Å²) in [6, 6.07) is 0. The molecule has 0 aromatic carbocycles. The van der Waals surface area contributed by atoms with Crippen molar-refractivity contribution >= 4 is 5.69 Å². The minimum atomic E-state index is -0.376. The molecule has 1 fully saturated rings. The largest absolute Gasteiger partial charge is 0.309 e. The maximum Gasteiger partial charge on any atom is 0.309 e. The summed E-state index contributed by atoms with van der Waals surface area (Å²) < 4.78 is 1.68. The van der Waals surface area contributed by atoms with E-state index in [1.54, 1.807) is 11.6 Å². The quantitative estimate of drug-likeness (QED) is 0.577. The molecule has 0 unspecified atom stereocenters. The fraction of sp³-hybridized carbons (Fsp3) is 0.727. The first-order valence-electron chi connectivity index (χ1n) is 6.07. The maximum absolute atomic E-state index is 10.7. The molecule has 0 bridgehead atoms. The average molecular weight is 238 g/mol. The van der Waals surface area contributed by atoms with E-state index in [0.29, 0.717) is 5.69 Å². The van der Waals surface area contributed by atoms with Crippen molar-refractivity contribution in [2.75, 3.05) is 19.6 Å². The van der Waals surface area contributed by atoms with Crippen molar-refractivity contribution in [1.82, 2.24) is 14.7 Å². The van der Waals surface area contributed by atoms with E-state index in [-0.39, 0.29) is 10.6 Å². The van der Waals surface area contributed by atoms with Crippen LogP contribution in [0.5, 0.6) is 0 Å². The lowest BCUT2D eigenvalue weighted by Crippen LogP contribution is -2.21. The van der Waals surface area contributed by atoms with Gasteiger partial charge >= 0.3 is 5.69 Å². The lowest BCUT2D eigenvalue weighted by Gasteiger charge is -2.13. The molecule has 17 heavy (non-hydrogen) atoms. The Kier molecular flexibility index (Phi) is 3.73. The second-order valence-electron chi connectivity index (χ2n) is 4.52. The third-order valence-corrected chi connectivity index (χ3v) is 3.18. The second kappa shape index (κ2) is 5.27. The summed E-state index contributed by atoms with van der Waals surface area (Å²) in [5.41, 5.74) is 0.613. The van der Waals surface area contributed by atoms with E-state index >= 15 is 0 Å². The Balaban J connectivity index is 1.82. The van der Waals surface area contributed by atoms with E-state index in [1.165, 1.54) is 32.1 Å². The predicted molar refractivity (Wildman–Crippen MR) is 63.9 cm³/mol. The van der Waals surface area contributed by atoms with E-state index < -0.39 is 0 Å². The molecule has 0 atom stereocenters. The van der Waals surface area contributed by atoms with Crippen LogP contribution in [-0.4, -0.2) is 39.2 Å². The fourth-order valence-electron chi connectivity index (χ4n) is 2.26. The van der Waals surface area contributed by atoms with Gasteiger partial charge in [0, 0.05) is 6.54 Å². The molecule has 1 saturated heterocycles. The number of aromatic nitrogens is 2. The van der Waals surface area contributed by atoms with Crippen LogP contribution in [0.4, 0.5) is 5.69 Å². The number of hydrogen-bond donors (Lipinski definition) is 0. The highest BCUT2D eigenvalue weighted by Crippen LogP contribution is 2.15. The van der Waals surface area contributed by atoms with Crippen molar-refractivity contribution in [2.45, 2.75) is 32.7 Å². The summed E-state index contributed by atoms with van der Waals surface area (Å²) >= 11 is 0. The minimum Gasteiger partial charge on any atom is -0.303 e. The Bertz CT molecular complexity index is 396. The van der Waals surface area contributed by atoms with Crippen LogP contribution in [0.3, 0.4) is 0 Å². The molecule has 6 heteroatoms. The molecule has 0 spiro atoms. The average Bonchev–Trinajstić information content (AvgIpc) is 2.88. The van der Waals surface area contributed by atoms with Gasteiger partial charge in [0.25, 0.3) is 0 Å². The van der Waals surface area contributed by atoms with Gasteiger partial charge in [-0.1, -0.05) is 0 Å². The zero-order valence-electron chi connectivity index (χ0n) is 10.1. The van der Waals surface area contributed by atoms with Crippen LogP contribution in [-0.2, 0) is 6.54 Å². The number of aryl methyl sites for hydroxylation is 2. The molecule has 1 aliphatic heterocycles. The summed E-state index contributed by atoms with van der Waals surface area (Å²) in [5.74, 6) is 0. The second-order valence-corrected chi connectivity index (χ2v) is 4.52. The molecular formula is C11H18N4O2. The van der Waals surface area contributed by atoms with Crippen molar-refractivity contribution in [2.24, 2.45) is 0 Å².